The number of oxazole rings is 1. The molecule has 0 radical (unpaired) electrons. The van der Waals surface area contributed by atoms with Crippen LogP contribution in [0, 0.1) is 5.82 Å². The Bertz CT molecular complexity index is 865. The molecule has 6 nitrogen and oxygen atoms in total. The second-order valence-electron chi connectivity index (χ2n) is 6.13. The summed E-state index contributed by atoms with van der Waals surface area (Å²) in [7, 11) is 0. The summed E-state index contributed by atoms with van der Waals surface area (Å²) in [5.41, 5.74) is 7.84. The second kappa shape index (κ2) is 6.16. The monoisotopic (exact) mass is 327 g/mol. The van der Waals surface area contributed by atoms with Gasteiger partial charge in [0.2, 0.25) is 11.8 Å². The van der Waals surface area contributed by atoms with Crippen LogP contribution in [0.2, 0.25) is 0 Å². The number of hydrogen-bond acceptors (Lipinski definition) is 6. The lowest BCUT2D eigenvalue weighted by Crippen LogP contribution is -2.34. The Morgan fingerprint density at radius 3 is 3.08 bits per heavy atom. The highest BCUT2D eigenvalue weighted by atomic mass is 19.1. The highest BCUT2D eigenvalue weighted by Gasteiger charge is 2.24. The number of aromatic nitrogens is 3. The molecule has 2 N–H and O–H groups in total. The van der Waals surface area contributed by atoms with E-state index < -0.39 is 0 Å². The molecule has 3 aromatic rings. The van der Waals surface area contributed by atoms with Gasteiger partial charge in [0.1, 0.15) is 11.3 Å². The first-order chi connectivity index (χ1) is 11.7. The summed E-state index contributed by atoms with van der Waals surface area (Å²) < 4.78 is 19.0. The molecule has 0 bridgehead atoms. The van der Waals surface area contributed by atoms with Crippen LogP contribution in [0.5, 0.6) is 0 Å². The maximum atomic E-state index is 13.3. The molecule has 0 amide bonds. The summed E-state index contributed by atoms with van der Waals surface area (Å²) in [6, 6.07) is 6.31. The Balaban J connectivity index is 1.49. The molecule has 0 saturated carbocycles. The van der Waals surface area contributed by atoms with Crippen molar-refractivity contribution in [3.63, 3.8) is 0 Å². The summed E-state index contributed by atoms with van der Waals surface area (Å²) in [6.07, 6.45) is 3.85. The molecular weight excluding hydrogens is 309 g/mol. The number of hydrogen-bond donors (Lipinski definition) is 1. The second-order valence-corrected chi connectivity index (χ2v) is 6.13. The van der Waals surface area contributed by atoms with Crippen molar-refractivity contribution < 1.29 is 8.81 Å². The Kier molecular flexibility index (Phi) is 3.86. The SMILES string of the molecule is Nc1nccc(C2CCCN(Cc3nc4cc(F)ccc4o3)C2)n1. The Labute approximate surface area is 138 Å². The van der Waals surface area contributed by atoms with Crippen molar-refractivity contribution in [3.05, 3.63) is 47.9 Å². The summed E-state index contributed by atoms with van der Waals surface area (Å²) >= 11 is 0. The molecule has 1 atom stereocenters. The average molecular weight is 327 g/mol. The van der Waals surface area contributed by atoms with E-state index in [2.05, 4.69) is 19.9 Å². The number of nitrogens with two attached hydrogens (primary N) is 1. The van der Waals surface area contributed by atoms with Gasteiger partial charge in [-0.25, -0.2) is 19.3 Å². The van der Waals surface area contributed by atoms with E-state index in [1.807, 2.05) is 6.07 Å². The smallest absolute Gasteiger partial charge is 0.220 e. The highest BCUT2D eigenvalue weighted by Crippen LogP contribution is 2.27. The van der Waals surface area contributed by atoms with Crippen molar-refractivity contribution in [2.45, 2.75) is 25.3 Å². The van der Waals surface area contributed by atoms with E-state index in [0.29, 0.717) is 35.4 Å². The van der Waals surface area contributed by atoms with Gasteiger partial charge in [0.15, 0.2) is 5.58 Å². The van der Waals surface area contributed by atoms with Crippen LogP contribution in [0.3, 0.4) is 0 Å². The van der Waals surface area contributed by atoms with Crippen molar-refractivity contribution in [1.82, 2.24) is 19.9 Å². The van der Waals surface area contributed by atoms with Crippen molar-refractivity contribution in [2.24, 2.45) is 0 Å². The first-order valence-electron chi connectivity index (χ1n) is 8.03. The van der Waals surface area contributed by atoms with Crippen molar-refractivity contribution in [1.29, 1.82) is 0 Å². The summed E-state index contributed by atoms with van der Waals surface area (Å²) in [5.74, 6) is 0.941. The van der Waals surface area contributed by atoms with Crippen LogP contribution in [-0.4, -0.2) is 32.9 Å². The number of piperidine rings is 1. The molecule has 0 aliphatic carbocycles. The fourth-order valence-corrected chi connectivity index (χ4v) is 3.26. The standard InChI is InChI=1S/C17H18FN5O/c18-12-3-4-15-14(8-12)21-16(24-15)10-23-7-1-2-11(9-23)13-5-6-20-17(19)22-13/h3-6,8,11H,1-2,7,9-10H2,(H2,19,20,22). The number of halogens is 1. The minimum Gasteiger partial charge on any atom is -0.439 e. The lowest BCUT2D eigenvalue weighted by atomic mass is 9.94. The Morgan fingerprint density at radius 1 is 1.29 bits per heavy atom. The molecule has 1 fully saturated rings. The highest BCUT2D eigenvalue weighted by molar-refractivity contribution is 5.72. The van der Waals surface area contributed by atoms with Crippen LogP contribution in [0.4, 0.5) is 10.3 Å². The van der Waals surface area contributed by atoms with Gasteiger partial charge in [0.25, 0.3) is 0 Å². The van der Waals surface area contributed by atoms with Gasteiger partial charge in [-0.15, -0.1) is 0 Å². The number of fused-ring (bicyclic) bond motifs is 1. The maximum absolute atomic E-state index is 13.3. The zero-order valence-corrected chi connectivity index (χ0v) is 13.2. The third-order valence-electron chi connectivity index (χ3n) is 4.37. The van der Waals surface area contributed by atoms with Gasteiger partial charge < -0.3 is 10.2 Å². The van der Waals surface area contributed by atoms with E-state index in [4.69, 9.17) is 10.2 Å². The Morgan fingerprint density at radius 2 is 2.21 bits per heavy atom. The van der Waals surface area contributed by atoms with Crippen LogP contribution in [-0.2, 0) is 6.54 Å². The van der Waals surface area contributed by atoms with E-state index in [1.165, 1.54) is 12.1 Å². The fourth-order valence-electron chi connectivity index (χ4n) is 3.26. The number of benzene rings is 1. The van der Waals surface area contributed by atoms with Crippen LogP contribution < -0.4 is 5.73 Å². The molecule has 1 unspecified atom stereocenters. The molecule has 3 heterocycles. The van der Waals surface area contributed by atoms with E-state index in [-0.39, 0.29) is 5.82 Å². The van der Waals surface area contributed by atoms with Gasteiger partial charge in [-0.2, -0.15) is 0 Å². The maximum Gasteiger partial charge on any atom is 0.220 e. The summed E-state index contributed by atoms with van der Waals surface area (Å²) in [4.78, 5) is 15.0. The van der Waals surface area contributed by atoms with Crippen molar-refractivity contribution >= 4 is 17.0 Å². The minimum atomic E-state index is -0.304. The molecule has 24 heavy (non-hydrogen) atoms. The number of nitrogen functional groups attached to an aromatic ring is 1. The van der Waals surface area contributed by atoms with Gasteiger partial charge in [0.05, 0.1) is 12.2 Å². The predicted octanol–water partition coefficient (Wildman–Crippen LogP) is 2.72. The zero-order chi connectivity index (χ0) is 16.5. The number of anilines is 1. The van der Waals surface area contributed by atoms with Gasteiger partial charge in [-0.1, -0.05) is 0 Å². The lowest BCUT2D eigenvalue weighted by Gasteiger charge is -2.31. The normalized spacial score (nSPS) is 19.0. The fraction of sp³-hybridized carbons (Fsp3) is 0.353. The van der Waals surface area contributed by atoms with Gasteiger partial charge >= 0.3 is 0 Å². The molecule has 1 aliphatic heterocycles. The molecular formula is C17H18FN5O. The average Bonchev–Trinajstić information content (AvgIpc) is 2.96. The molecule has 1 aliphatic rings. The van der Waals surface area contributed by atoms with Crippen LogP contribution >= 0.6 is 0 Å². The molecule has 2 aromatic heterocycles. The molecule has 1 aromatic carbocycles. The summed E-state index contributed by atoms with van der Waals surface area (Å²) in [5, 5.41) is 0. The van der Waals surface area contributed by atoms with Crippen molar-refractivity contribution in [3.8, 4) is 0 Å². The molecule has 124 valence electrons. The van der Waals surface area contributed by atoms with Crippen molar-refractivity contribution in [2.75, 3.05) is 18.8 Å². The van der Waals surface area contributed by atoms with Gasteiger partial charge in [0, 0.05) is 24.7 Å². The Hall–Kier alpha value is -2.54. The molecule has 0 spiro atoms. The number of likely N-dealkylation sites (tertiary alicyclic amines) is 1. The summed E-state index contributed by atoms with van der Waals surface area (Å²) in [6.45, 7) is 2.45. The first kappa shape index (κ1) is 15.0. The molecule has 4 rings (SSSR count). The molecule has 7 heteroatoms. The third kappa shape index (κ3) is 3.07. The zero-order valence-electron chi connectivity index (χ0n) is 13.2. The van der Waals surface area contributed by atoms with Gasteiger partial charge in [-0.05, 0) is 37.6 Å². The van der Waals surface area contributed by atoms with Crippen LogP contribution in [0.15, 0.2) is 34.9 Å². The van der Waals surface area contributed by atoms with Gasteiger partial charge in [-0.3, -0.25) is 4.90 Å². The van der Waals surface area contributed by atoms with E-state index >= 15 is 0 Å². The van der Waals surface area contributed by atoms with Crippen LogP contribution in [0.1, 0.15) is 30.3 Å². The topological polar surface area (TPSA) is 81.1 Å². The largest absolute Gasteiger partial charge is 0.439 e. The first-order valence-corrected chi connectivity index (χ1v) is 8.03. The number of nitrogens with zero attached hydrogens (tertiary/aromatic N) is 4. The number of rotatable bonds is 3. The molecule has 1 saturated heterocycles. The quantitative estimate of drug-likeness (QED) is 0.796. The predicted molar refractivity (Wildman–Crippen MR) is 87.7 cm³/mol. The lowest BCUT2D eigenvalue weighted by molar-refractivity contribution is 0.183. The van der Waals surface area contributed by atoms with E-state index in [1.54, 1.807) is 12.3 Å². The van der Waals surface area contributed by atoms with Crippen LogP contribution in [0.25, 0.3) is 11.1 Å². The van der Waals surface area contributed by atoms with E-state index in [0.717, 1.165) is 31.6 Å². The third-order valence-corrected chi connectivity index (χ3v) is 4.37. The van der Waals surface area contributed by atoms with E-state index in [9.17, 15) is 4.39 Å². The minimum absolute atomic E-state index is 0.304.